The number of carbonyl (C=O) groups excluding carboxylic acids is 4. The van der Waals surface area contributed by atoms with Gasteiger partial charge in [-0.2, -0.15) is 0 Å². The zero-order valence-electron chi connectivity index (χ0n) is 19.8. The van der Waals surface area contributed by atoms with E-state index in [2.05, 4.69) is 6.92 Å². The SMILES string of the molecule is CCc1ccc(N2C[C@H](C(=O)Oc3cccc(N4C(=O)[C@H]5[C@H](C)C=CC[C@H]5C4=O)c3)CC2=O)cc1. The lowest BCUT2D eigenvalue weighted by Gasteiger charge is -2.22. The van der Waals surface area contributed by atoms with Crippen molar-refractivity contribution in [2.75, 3.05) is 16.3 Å². The van der Waals surface area contributed by atoms with Crippen molar-refractivity contribution in [3.8, 4) is 5.75 Å². The molecule has 0 saturated carbocycles. The Labute approximate surface area is 204 Å². The van der Waals surface area contributed by atoms with Crippen molar-refractivity contribution in [3.05, 3.63) is 66.2 Å². The van der Waals surface area contributed by atoms with Gasteiger partial charge in [0.05, 0.1) is 23.4 Å². The first-order valence-corrected chi connectivity index (χ1v) is 12.1. The fourth-order valence-corrected chi connectivity index (χ4v) is 5.31. The summed E-state index contributed by atoms with van der Waals surface area (Å²) >= 11 is 0. The molecule has 0 spiro atoms. The number of anilines is 2. The Morgan fingerprint density at radius 2 is 1.80 bits per heavy atom. The van der Waals surface area contributed by atoms with Gasteiger partial charge < -0.3 is 9.64 Å². The summed E-state index contributed by atoms with van der Waals surface area (Å²) in [4.78, 5) is 54.4. The predicted molar refractivity (Wildman–Crippen MR) is 131 cm³/mol. The van der Waals surface area contributed by atoms with E-state index in [1.165, 1.54) is 10.5 Å². The van der Waals surface area contributed by atoms with E-state index in [9.17, 15) is 19.2 Å². The van der Waals surface area contributed by atoms with E-state index >= 15 is 0 Å². The Morgan fingerprint density at radius 3 is 2.51 bits per heavy atom. The van der Waals surface area contributed by atoms with Crippen LogP contribution in [0.3, 0.4) is 0 Å². The third kappa shape index (κ3) is 4.16. The van der Waals surface area contributed by atoms with Crippen molar-refractivity contribution >= 4 is 35.1 Å². The summed E-state index contributed by atoms with van der Waals surface area (Å²) in [5.74, 6) is -2.13. The molecule has 2 fully saturated rings. The third-order valence-corrected chi connectivity index (χ3v) is 7.28. The van der Waals surface area contributed by atoms with Crippen LogP contribution >= 0.6 is 0 Å². The zero-order chi connectivity index (χ0) is 24.7. The Kier molecular flexibility index (Phi) is 6.01. The molecule has 0 unspecified atom stereocenters. The van der Waals surface area contributed by atoms with Crippen LogP contribution in [0, 0.1) is 23.7 Å². The molecule has 2 heterocycles. The van der Waals surface area contributed by atoms with Gasteiger partial charge in [0, 0.05) is 24.7 Å². The topological polar surface area (TPSA) is 84.0 Å². The maximum absolute atomic E-state index is 13.1. The average molecular weight is 473 g/mol. The molecule has 2 saturated heterocycles. The Balaban J connectivity index is 1.28. The third-order valence-electron chi connectivity index (χ3n) is 7.28. The molecule has 2 aliphatic heterocycles. The van der Waals surface area contributed by atoms with E-state index in [4.69, 9.17) is 4.74 Å². The number of carbonyl (C=O) groups is 4. The molecular formula is C28H28N2O5. The second-order valence-electron chi connectivity index (χ2n) is 9.51. The number of allylic oxidation sites excluding steroid dienone is 2. The van der Waals surface area contributed by atoms with Crippen LogP contribution < -0.4 is 14.5 Å². The highest BCUT2D eigenvalue weighted by molar-refractivity contribution is 6.22. The Hall–Kier alpha value is -3.74. The number of esters is 1. The molecule has 0 bridgehead atoms. The van der Waals surface area contributed by atoms with E-state index in [1.807, 2.05) is 43.3 Å². The summed E-state index contributed by atoms with van der Waals surface area (Å²) in [6, 6.07) is 14.2. The van der Waals surface area contributed by atoms with Crippen LogP contribution in [0.5, 0.6) is 5.75 Å². The second kappa shape index (κ2) is 9.13. The van der Waals surface area contributed by atoms with Crippen LogP contribution in [0.4, 0.5) is 11.4 Å². The lowest BCUT2D eigenvalue weighted by atomic mass is 9.78. The smallest absolute Gasteiger partial charge is 0.316 e. The minimum Gasteiger partial charge on any atom is -0.426 e. The maximum Gasteiger partial charge on any atom is 0.316 e. The summed E-state index contributed by atoms with van der Waals surface area (Å²) < 4.78 is 5.60. The van der Waals surface area contributed by atoms with E-state index < -0.39 is 11.9 Å². The summed E-state index contributed by atoms with van der Waals surface area (Å²) in [5.41, 5.74) is 2.34. The van der Waals surface area contributed by atoms with Gasteiger partial charge in [0.2, 0.25) is 17.7 Å². The molecule has 3 amide bonds. The van der Waals surface area contributed by atoms with Gasteiger partial charge in [0.25, 0.3) is 0 Å². The minimum absolute atomic E-state index is 0.00256. The lowest BCUT2D eigenvalue weighted by Crippen LogP contribution is -2.31. The van der Waals surface area contributed by atoms with Crippen LogP contribution in [-0.4, -0.2) is 30.2 Å². The molecule has 1 aliphatic carbocycles. The largest absolute Gasteiger partial charge is 0.426 e. The van der Waals surface area contributed by atoms with Crippen LogP contribution in [0.25, 0.3) is 0 Å². The zero-order valence-corrected chi connectivity index (χ0v) is 19.8. The number of benzene rings is 2. The van der Waals surface area contributed by atoms with Gasteiger partial charge in [0.1, 0.15) is 5.75 Å². The second-order valence-corrected chi connectivity index (χ2v) is 9.51. The molecule has 5 rings (SSSR count). The molecule has 0 N–H and O–H groups in total. The van der Waals surface area contributed by atoms with Gasteiger partial charge in [-0.15, -0.1) is 0 Å². The number of hydrogen-bond acceptors (Lipinski definition) is 5. The quantitative estimate of drug-likeness (QED) is 0.285. The fraction of sp³-hybridized carbons (Fsp3) is 0.357. The van der Waals surface area contributed by atoms with Crippen LogP contribution in [0.1, 0.15) is 32.3 Å². The summed E-state index contributed by atoms with van der Waals surface area (Å²) in [7, 11) is 0. The highest BCUT2D eigenvalue weighted by Crippen LogP contribution is 2.41. The number of fused-ring (bicyclic) bond motifs is 1. The average Bonchev–Trinajstić information content (AvgIpc) is 3.37. The molecule has 3 aliphatic rings. The van der Waals surface area contributed by atoms with Crippen molar-refractivity contribution < 1.29 is 23.9 Å². The number of aryl methyl sites for hydroxylation is 1. The highest BCUT2D eigenvalue weighted by atomic mass is 16.5. The van der Waals surface area contributed by atoms with E-state index in [1.54, 1.807) is 29.2 Å². The first-order chi connectivity index (χ1) is 16.9. The van der Waals surface area contributed by atoms with Crippen LogP contribution in [0.2, 0.25) is 0 Å². The van der Waals surface area contributed by atoms with Crippen molar-refractivity contribution in [2.24, 2.45) is 23.7 Å². The summed E-state index contributed by atoms with van der Waals surface area (Å²) in [5, 5.41) is 0. The van der Waals surface area contributed by atoms with E-state index in [0.717, 1.165) is 12.1 Å². The van der Waals surface area contributed by atoms with Crippen molar-refractivity contribution in [3.63, 3.8) is 0 Å². The van der Waals surface area contributed by atoms with Crippen molar-refractivity contribution in [1.29, 1.82) is 0 Å². The van der Waals surface area contributed by atoms with Gasteiger partial charge in [-0.05, 0) is 48.6 Å². The molecule has 0 aromatic heterocycles. The first-order valence-electron chi connectivity index (χ1n) is 12.1. The van der Waals surface area contributed by atoms with Crippen LogP contribution in [0.15, 0.2) is 60.7 Å². The number of hydrogen-bond donors (Lipinski definition) is 0. The molecule has 35 heavy (non-hydrogen) atoms. The maximum atomic E-state index is 13.1. The number of rotatable bonds is 5. The molecule has 7 heteroatoms. The van der Waals surface area contributed by atoms with Gasteiger partial charge >= 0.3 is 5.97 Å². The van der Waals surface area contributed by atoms with Gasteiger partial charge in [-0.1, -0.05) is 44.2 Å². The molecule has 0 radical (unpaired) electrons. The van der Waals surface area contributed by atoms with Crippen molar-refractivity contribution in [1.82, 2.24) is 0 Å². The number of amides is 3. The summed E-state index contributed by atoms with van der Waals surface area (Å²) in [6.45, 7) is 4.27. The predicted octanol–water partition coefficient (Wildman–Crippen LogP) is 3.91. The highest BCUT2D eigenvalue weighted by Gasteiger charge is 2.50. The Bertz CT molecular complexity index is 1220. The molecule has 180 valence electrons. The first kappa shape index (κ1) is 23.0. The molecule has 2 aromatic carbocycles. The van der Waals surface area contributed by atoms with Crippen molar-refractivity contribution in [2.45, 2.75) is 33.1 Å². The molecule has 7 nitrogen and oxygen atoms in total. The Morgan fingerprint density at radius 1 is 1.03 bits per heavy atom. The lowest BCUT2D eigenvalue weighted by molar-refractivity contribution is -0.139. The van der Waals surface area contributed by atoms with Gasteiger partial charge in [-0.3, -0.25) is 19.2 Å². The normalized spacial score (nSPS) is 25.8. The number of nitrogens with zero attached hydrogens (tertiary/aromatic N) is 2. The monoisotopic (exact) mass is 472 g/mol. The summed E-state index contributed by atoms with van der Waals surface area (Å²) in [6.07, 6.45) is 5.49. The number of ether oxygens (including phenoxy) is 1. The van der Waals surface area contributed by atoms with Crippen LogP contribution in [-0.2, 0) is 25.6 Å². The molecule has 4 atom stereocenters. The molecular weight excluding hydrogens is 444 g/mol. The number of imide groups is 1. The standard InChI is InChI=1S/C28H28N2O5/c1-3-18-10-12-20(13-11-18)29-16-19(14-24(29)31)28(34)35-22-8-5-7-21(15-22)30-26(32)23-9-4-6-17(2)25(23)27(30)33/h4-8,10-13,15,17,19,23,25H,3,9,14,16H2,1-2H3/t17-,19-,23-,25+/m1/s1. The van der Waals surface area contributed by atoms with E-state index in [-0.39, 0.29) is 54.2 Å². The van der Waals surface area contributed by atoms with E-state index in [0.29, 0.717) is 12.1 Å². The minimum atomic E-state index is -0.596. The molecule has 2 aromatic rings. The van der Waals surface area contributed by atoms with Gasteiger partial charge in [-0.25, -0.2) is 4.90 Å². The van der Waals surface area contributed by atoms with Gasteiger partial charge in [0.15, 0.2) is 0 Å². The fourth-order valence-electron chi connectivity index (χ4n) is 5.31.